The zero-order valence-corrected chi connectivity index (χ0v) is 12.5. The van der Waals surface area contributed by atoms with Crippen molar-refractivity contribution in [1.29, 1.82) is 0 Å². The molecule has 4 nitrogen and oxygen atoms in total. The number of nitrogens with zero attached hydrogens (tertiary/aromatic N) is 1. The average molecular weight is 294 g/mol. The lowest BCUT2D eigenvalue weighted by molar-refractivity contribution is -0.123. The third-order valence-corrected chi connectivity index (χ3v) is 4.89. The highest BCUT2D eigenvalue weighted by Gasteiger charge is 2.28. The molecular formula is C15H22N2O2S. The van der Waals surface area contributed by atoms with Crippen molar-refractivity contribution in [3.63, 3.8) is 0 Å². The van der Waals surface area contributed by atoms with Crippen LogP contribution in [0.25, 0.3) is 0 Å². The topological polar surface area (TPSA) is 41.6 Å². The van der Waals surface area contributed by atoms with Crippen LogP contribution in [0.2, 0.25) is 0 Å². The summed E-state index contributed by atoms with van der Waals surface area (Å²) in [6.45, 7) is 3.03. The van der Waals surface area contributed by atoms with Crippen LogP contribution in [0, 0.1) is 0 Å². The molecule has 2 atom stereocenters. The summed E-state index contributed by atoms with van der Waals surface area (Å²) < 4.78 is 5.53. The molecule has 1 N–H and O–H groups in total. The van der Waals surface area contributed by atoms with Crippen molar-refractivity contribution >= 4 is 17.2 Å². The van der Waals surface area contributed by atoms with Gasteiger partial charge in [-0.3, -0.25) is 9.69 Å². The highest BCUT2D eigenvalue weighted by atomic mass is 32.1. The number of carbonyl (C=O) groups excluding carboxylic acids is 1. The number of nitrogens with one attached hydrogen (secondary N) is 1. The summed E-state index contributed by atoms with van der Waals surface area (Å²) in [6, 6.07) is 2.60. The predicted molar refractivity (Wildman–Crippen MR) is 79.9 cm³/mol. The van der Waals surface area contributed by atoms with Crippen LogP contribution in [0.15, 0.2) is 16.8 Å². The second-order valence-corrected chi connectivity index (χ2v) is 6.40. The molecular weight excluding hydrogens is 272 g/mol. The number of rotatable bonds is 5. The summed E-state index contributed by atoms with van der Waals surface area (Å²) in [5, 5.41) is 7.33. The number of carbonyl (C=O) groups is 1. The van der Waals surface area contributed by atoms with Crippen LogP contribution < -0.4 is 5.32 Å². The van der Waals surface area contributed by atoms with Crippen molar-refractivity contribution < 1.29 is 9.53 Å². The van der Waals surface area contributed by atoms with Crippen LogP contribution in [0.1, 0.15) is 37.3 Å². The maximum absolute atomic E-state index is 12.1. The third kappa shape index (κ3) is 3.40. The van der Waals surface area contributed by atoms with Gasteiger partial charge in [0.05, 0.1) is 12.6 Å². The van der Waals surface area contributed by atoms with Gasteiger partial charge in [-0.25, -0.2) is 0 Å². The van der Waals surface area contributed by atoms with E-state index in [-0.39, 0.29) is 12.0 Å². The molecule has 0 unspecified atom stereocenters. The quantitative estimate of drug-likeness (QED) is 0.905. The maximum Gasteiger partial charge on any atom is 0.234 e. The van der Waals surface area contributed by atoms with E-state index in [0.717, 1.165) is 32.4 Å². The lowest BCUT2D eigenvalue weighted by Gasteiger charge is -2.23. The van der Waals surface area contributed by atoms with E-state index in [1.165, 1.54) is 12.0 Å². The molecule has 0 bridgehead atoms. The Morgan fingerprint density at radius 2 is 2.40 bits per heavy atom. The Balaban J connectivity index is 1.47. The second kappa shape index (κ2) is 6.70. The van der Waals surface area contributed by atoms with E-state index in [0.29, 0.717) is 19.1 Å². The molecule has 0 radical (unpaired) electrons. The number of likely N-dealkylation sites (tertiary alicyclic amines) is 1. The Bertz CT molecular complexity index is 429. The Hall–Kier alpha value is -0.910. The molecule has 5 heteroatoms. The number of hydrogen-bond donors (Lipinski definition) is 1. The number of thiophene rings is 1. The molecule has 0 spiro atoms. The first-order valence-electron chi connectivity index (χ1n) is 7.47. The number of amides is 1. The zero-order valence-electron chi connectivity index (χ0n) is 11.7. The first-order chi connectivity index (χ1) is 9.83. The van der Waals surface area contributed by atoms with Crippen LogP contribution in [0.4, 0.5) is 0 Å². The van der Waals surface area contributed by atoms with E-state index < -0.39 is 0 Å². The Labute approximate surface area is 124 Å². The number of ether oxygens (including phenoxy) is 1. The van der Waals surface area contributed by atoms with E-state index in [4.69, 9.17) is 4.74 Å². The van der Waals surface area contributed by atoms with Crippen molar-refractivity contribution in [2.45, 2.75) is 37.8 Å². The molecule has 0 aliphatic carbocycles. The van der Waals surface area contributed by atoms with Crippen molar-refractivity contribution in [2.24, 2.45) is 0 Å². The molecule has 2 aliphatic heterocycles. The molecule has 2 aliphatic rings. The van der Waals surface area contributed by atoms with Crippen LogP contribution in [0.5, 0.6) is 0 Å². The van der Waals surface area contributed by atoms with E-state index in [2.05, 4.69) is 27.0 Å². The van der Waals surface area contributed by atoms with E-state index >= 15 is 0 Å². The van der Waals surface area contributed by atoms with Crippen molar-refractivity contribution in [3.8, 4) is 0 Å². The SMILES string of the molecule is O=C(CN1CCC[C@@H]1c1ccsc1)NC[C@@H]1CCCO1. The van der Waals surface area contributed by atoms with Crippen molar-refractivity contribution in [2.75, 3.05) is 26.2 Å². The molecule has 20 heavy (non-hydrogen) atoms. The summed E-state index contributed by atoms with van der Waals surface area (Å²) >= 11 is 1.73. The number of hydrogen-bond acceptors (Lipinski definition) is 4. The van der Waals surface area contributed by atoms with Crippen molar-refractivity contribution in [3.05, 3.63) is 22.4 Å². The van der Waals surface area contributed by atoms with Crippen LogP contribution in [-0.4, -0.2) is 43.2 Å². The summed E-state index contributed by atoms with van der Waals surface area (Å²) in [5.74, 6) is 0.127. The van der Waals surface area contributed by atoms with Crippen LogP contribution in [0.3, 0.4) is 0 Å². The van der Waals surface area contributed by atoms with Crippen LogP contribution in [-0.2, 0) is 9.53 Å². The molecule has 1 aromatic heterocycles. The highest BCUT2D eigenvalue weighted by molar-refractivity contribution is 7.07. The molecule has 0 saturated carbocycles. The van der Waals surface area contributed by atoms with E-state index in [1.54, 1.807) is 11.3 Å². The minimum absolute atomic E-state index is 0.127. The van der Waals surface area contributed by atoms with Gasteiger partial charge in [-0.15, -0.1) is 0 Å². The minimum atomic E-state index is 0.127. The highest BCUT2D eigenvalue weighted by Crippen LogP contribution is 2.32. The van der Waals surface area contributed by atoms with E-state index in [9.17, 15) is 4.79 Å². The van der Waals surface area contributed by atoms with Gasteiger partial charge in [-0.1, -0.05) is 0 Å². The van der Waals surface area contributed by atoms with Crippen LogP contribution >= 0.6 is 11.3 Å². The molecule has 2 fully saturated rings. The standard InChI is InChI=1S/C15H22N2O2S/c18-15(16-9-13-3-2-7-19-13)10-17-6-1-4-14(17)12-5-8-20-11-12/h5,8,11,13-14H,1-4,6-7,9-10H2,(H,16,18)/t13-,14+/m0/s1. The summed E-state index contributed by atoms with van der Waals surface area (Å²) in [5.41, 5.74) is 1.36. The molecule has 1 aromatic rings. The van der Waals surface area contributed by atoms with Gasteiger partial charge in [-0.05, 0) is 54.6 Å². The Kier molecular flexibility index (Phi) is 4.70. The Morgan fingerprint density at radius 1 is 1.45 bits per heavy atom. The summed E-state index contributed by atoms with van der Waals surface area (Å²) in [7, 11) is 0. The molecule has 1 amide bonds. The summed E-state index contributed by atoms with van der Waals surface area (Å²) in [6.07, 6.45) is 4.76. The molecule has 3 heterocycles. The molecule has 0 aromatic carbocycles. The molecule has 110 valence electrons. The molecule has 3 rings (SSSR count). The minimum Gasteiger partial charge on any atom is -0.376 e. The third-order valence-electron chi connectivity index (χ3n) is 4.19. The zero-order chi connectivity index (χ0) is 13.8. The van der Waals surface area contributed by atoms with Gasteiger partial charge in [0.1, 0.15) is 0 Å². The van der Waals surface area contributed by atoms with E-state index in [1.807, 2.05) is 0 Å². The fourth-order valence-electron chi connectivity index (χ4n) is 3.13. The van der Waals surface area contributed by atoms with Gasteiger partial charge in [-0.2, -0.15) is 11.3 Å². The van der Waals surface area contributed by atoms with Gasteiger partial charge < -0.3 is 10.1 Å². The first kappa shape index (κ1) is 14.0. The monoisotopic (exact) mass is 294 g/mol. The fraction of sp³-hybridized carbons (Fsp3) is 0.667. The van der Waals surface area contributed by atoms with Gasteiger partial charge in [0, 0.05) is 19.2 Å². The van der Waals surface area contributed by atoms with Crippen molar-refractivity contribution in [1.82, 2.24) is 10.2 Å². The van der Waals surface area contributed by atoms with Gasteiger partial charge in [0.2, 0.25) is 5.91 Å². The van der Waals surface area contributed by atoms with Gasteiger partial charge >= 0.3 is 0 Å². The van der Waals surface area contributed by atoms with Gasteiger partial charge in [0.25, 0.3) is 0 Å². The lowest BCUT2D eigenvalue weighted by Crippen LogP contribution is -2.39. The normalized spacial score (nSPS) is 27.0. The smallest absolute Gasteiger partial charge is 0.234 e. The fourth-order valence-corrected chi connectivity index (χ4v) is 3.84. The average Bonchev–Trinajstić information content (AvgIpc) is 3.18. The largest absolute Gasteiger partial charge is 0.376 e. The first-order valence-corrected chi connectivity index (χ1v) is 8.41. The molecule has 2 saturated heterocycles. The summed E-state index contributed by atoms with van der Waals surface area (Å²) in [4.78, 5) is 14.4. The maximum atomic E-state index is 12.1. The second-order valence-electron chi connectivity index (χ2n) is 5.62. The Morgan fingerprint density at radius 3 is 3.15 bits per heavy atom. The lowest BCUT2D eigenvalue weighted by atomic mass is 10.1. The predicted octanol–water partition coefficient (Wildman–Crippen LogP) is 2.18. The van der Waals surface area contributed by atoms with Gasteiger partial charge in [0.15, 0.2) is 0 Å².